The van der Waals surface area contributed by atoms with Crippen LogP contribution in [0.1, 0.15) is 96.8 Å². The molecule has 0 spiro atoms. The fourth-order valence-corrected chi connectivity index (χ4v) is 4.33. The third-order valence-electron chi connectivity index (χ3n) is 5.04. The maximum atomic E-state index is 11.7. The third-order valence-corrected chi connectivity index (χ3v) is 6.48. The molecule has 9 heteroatoms. The summed E-state index contributed by atoms with van der Waals surface area (Å²) < 4.78 is 21.2. The zero-order valence-corrected chi connectivity index (χ0v) is 20.1. The van der Waals surface area contributed by atoms with Crippen molar-refractivity contribution in [1.29, 1.82) is 0 Å². The Morgan fingerprint density at radius 2 is 1.29 bits per heavy atom. The number of rotatable bonds is 22. The van der Waals surface area contributed by atoms with Gasteiger partial charge in [-0.05, 0) is 6.42 Å². The molecule has 0 aliphatic carbocycles. The second-order valence-corrected chi connectivity index (χ2v) is 10.2. The quantitative estimate of drug-likeness (QED) is 0.107. The molecule has 0 saturated heterocycles. The van der Waals surface area contributed by atoms with Gasteiger partial charge in [0.15, 0.2) is 0 Å². The van der Waals surface area contributed by atoms with Crippen molar-refractivity contribution in [3.63, 3.8) is 0 Å². The molecule has 0 radical (unpaired) electrons. The topological polar surface area (TPSA) is 134 Å². The van der Waals surface area contributed by atoms with E-state index < -0.39 is 45.1 Å². The molecule has 3 atom stereocenters. The highest BCUT2D eigenvalue weighted by atomic mass is 31.2. The summed E-state index contributed by atoms with van der Waals surface area (Å²) in [5.74, 6) is -0.412. The Labute approximate surface area is 187 Å². The van der Waals surface area contributed by atoms with E-state index in [0.717, 1.165) is 19.3 Å². The predicted octanol–water partition coefficient (Wildman–Crippen LogP) is 3.93. The summed E-state index contributed by atoms with van der Waals surface area (Å²) in [6, 6.07) is 0. The molecule has 0 aromatic heterocycles. The van der Waals surface area contributed by atoms with Crippen LogP contribution in [-0.4, -0.2) is 64.4 Å². The molecule has 31 heavy (non-hydrogen) atoms. The van der Waals surface area contributed by atoms with Gasteiger partial charge in [0.05, 0.1) is 25.5 Å². The summed E-state index contributed by atoms with van der Waals surface area (Å²) in [6.45, 7) is 0.755. The zero-order valence-electron chi connectivity index (χ0n) is 19.3. The van der Waals surface area contributed by atoms with Crippen molar-refractivity contribution >= 4 is 13.6 Å². The maximum Gasteiger partial charge on any atom is 0.330 e. The van der Waals surface area contributed by atoms with Crippen LogP contribution in [0.5, 0.6) is 0 Å². The summed E-state index contributed by atoms with van der Waals surface area (Å²) in [4.78, 5) is 21.2. The highest BCUT2D eigenvalue weighted by Crippen LogP contribution is 2.42. The molecule has 186 valence electrons. The lowest BCUT2D eigenvalue weighted by atomic mass is 10.0. The van der Waals surface area contributed by atoms with Gasteiger partial charge in [0.25, 0.3) is 0 Å². The first-order valence-corrected chi connectivity index (χ1v) is 13.7. The number of carbonyl (C=O) groups excluding carboxylic acids is 1. The normalized spacial score (nSPS) is 15.4. The summed E-state index contributed by atoms with van der Waals surface area (Å²) in [5.41, 5.74) is 0. The lowest BCUT2D eigenvalue weighted by Crippen LogP contribution is -2.25. The van der Waals surface area contributed by atoms with E-state index >= 15 is 0 Å². The van der Waals surface area contributed by atoms with Crippen molar-refractivity contribution in [3.05, 3.63) is 0 Å². The van der Waals surface area contributed by atoms with E-state index in [0.29, 0.717) is 0 Å². The number of aliphatic hydroxyl groups excluding tert-OH is 3. The molecule has 0 fully saturated rings. The van der Waals surface area contributed by atoms with Gasteiger partial charge in [-0.3, -0.25) is 9.36 Å². The van der Waals surface area contributed by atoms with Gasteiger partial charge in [0.1, 0.15) is 12.7 Å². The highest BCUT2D eigenvalue weighted by molar-refractivity contribution is 7.52. The zero-order chi connectivity index (χ0) is 23.4. The van der Waals surface area contributed by atoms with Crippen LogP contribution in [0.15, 0.2) is 0 Å². The lowest BCUT2D eigenvalue weighted by molar-refractivity contribution is -0.147. The van der Waals surface area contributed by atoms with E-state index in [9.17, 15) is 19.4 Å². The molecule has 0 bridgehead atoms. The lowest BCUT2D eigenvalue weighted by Gasteiger charge is -2.17. The van der Waals surface area contributed by atoms with E-state index in [1.807, 2.05) is 0 Å². The van der Waals surface area contributed by atoms with Crippen molar-refractivity contribution in [2.45, 2.75) is 109 Å². The number of ether oxygens (including phenoxy) is 1. The molecule has 4 N–H and O–H groups in total. The molecule has 0 heterocycles. The van der Waals surface area contributed by atoms with Crippen LogP contribution in [0.4, 0.5) is 0 Å². The predicted molar refractivity (Wildman–Crippen MR) is 121 cm³/mol. The first-order valence-electron chi connectivity index (χ1n) is 11.9. The largest absolute Gasteiger partial charge is 0.463 e. The monoisotopic (exact) mass is 468 g/mol. The Morgan fingerprint density at radius 3 is 1.77 bits per heavy atom. The standard InChI is InChI=1S/C22H45O8P/c1-2-3-4-5-6-7-8-9-10-11-12-13-14-15-22(26)29-17-21(25)18-30-31(27,28)19-20(24)16-23/h20-21,23-25H,2-19H2,1H3,(H,27,28)/t20-,21-/m1/s1. The van der Waals surface area contributed by atoms with Crippen LogP contribution in [0.3, 0.4) is 0 Å². The first kappa shape index (κ1) is 30.5. The fourth-order valence-electron chi connectivity index (χ4n) is 3.18. The average molecular weight is 469 g/mol. The second kappa shape index (κ2) is 20.1. The summed E-state index contributed by atoms with van der Waals surface area (Å²) >= 11 is 0. The van der Waals surface area contributed by atoms with Gasteiger partial charge >= 0.3 is 13.6 Å². The molecule has 0 aromatic carbocycles. The fraction of sp³-hybridized carbons (Fsp3) is 0.955. The Balaban J connectivity index is 3.52. The van der Waals surface area contributed by atoms with Crippen molar-refractivity contribution in [2.75, 3.05) is 26.0 Å². The SMILES string of the molecule is CCCCCCCCCCCCCCCC(=O)OC[C@@H](O)COP(=O)(O)C[C@H](O)CO. The Morgan fingerprint density at radius 1 is 0.806 bits per heavy atom. The number of unbranched alkanes of at least 4 members (excludes halogenated alkanes) is 12. The van der Waals surface area contributed by atoms with E-state index in [1.165, 1.54) is 64.2 Å². The Kier molecular flexibility index (Phi) is 19.8. The molecule has 0 aliphatic rings. The van der Waals surface area contributed by atoms with E-state index in [-0.39, 0.29) is 13.0 Å². The van der Waals surface area contributed by atoms with Gasteiger partial charge in [0.2, 0.25) is 0 Å². The van der Waals surface area contributed by atoms with Crippen molar-refractivity contribution in [2.24, 2.45) is 0 Å². The van der Waals surface area contributed by atoms with Gasteiger partial charge < -0.3 is 29.5 Å². The van der Waals surface area contributed by atoms with Gasteiger partial charge in [0, 0.05) is 6.42 Å². The minimum atomic E-state index is -4.12. The molecule has 0 aromatic rings. The summed E-state index contributed by atoms with van der Waals surface area (Å²) in [5, 5.41) is 27.5. The van der Waals surface area contributed by atoms with Gasteiger partial charge in [-0.15, -0.1) is 0 Å². The van der Waals surface area contributed by atoms with Crippen molar-refractivity contribution in [1.82, 2.24) is 0 Å². The average Bonchev–Trinajstić information content (AvgIpc) is 2.73. The van der Waals surface area contributed by atoms with Crippen LogP contribution in [0, 0.1) is 0 Å². The van der Waals surface area contributed by atoms with Crippen LogP contribution in [-0.2, 0) is 18.6 Å². The minimum absolute atomic E-state index is 0.284. The Hall–Kier alpha value is -0.500. The van der Waals surface area contributed by atoms with Crippen molar-refractivity contribution < 1.29 is 38.8 Å². The highest BCUT2D eigenvalue weighted by Gasteiger charge is 2.25. The molecule has 0 aliphatic heterocycles. The number of esters is 1. The van der Waals surface area contributed by atoms with Gasteiger partial charge in [-0.25, -0.2) is 0 Å². The molecule has 0 amide bonds. The molecular formula is C22H45O8P. The first-order chi connectivity index (χ1) is 14.8. The van der Waals surface area contributed by atoms with Crippen LogP contribution in [0.2, 0.25) is 0 Å². The maximum absolute atomic E-state index is 11.7. The van der Waals surface area contributed by atoms with Crippen LogP contribution < -0.4 is 0 Å². The second-order valence-electron chi connectivity index (χ2n) is 8.28. The molecule has 8 nitrogen and oxygen atoms in total. The minimum Gasteiger partial charge on any atom is -0.463 e. The van der Waals surface area contributed by atoms with Crippen LogP contribution in [0.25, 0.3) is 0 Å². The van der Waals surface area contributed by atoms with E-state index in [2.05, 4.69) is 11.4 Å². The smallest absolute Gasteiger partial charge is 0.330 e. The number of carbonyl (C=O) groups is 1. The van der Waals surface area contributed by atoms with E-state index in [4.69, 9.17) is 14.9 Å². The number of aliphatic hydroxyl groups is 3. The molecule has 0 saturated carbocycles. The number of hydrogen-bond acceptors (Lipinski definition) is 7. The summed E-state index contributed by atoms with van der Waals surface area (Å²) in [7, 11) is -4.12. The third kappa shape index (κ3) is 21.1. The molecule has 0 rings (SSSR count). The van der Waals surface area contributed by atoms with Crippen LogP contribution >= 0.6 is 7.60 Å². The molecular weight excluding hydrogens is 423 g/mol. The Bertz CT molecular complexity index is 474. The van der Waals surface area contributed by atoms with E-state index in [1.54, 1.807) is 0 Å². The van der Waals surface area contributed by atoms with Gasteiger partial charge in [-0.1, -0.05) is 84.0 Å². The van der Waals surface area contributed by atoms with Gasteiger partial charge in [-0.2, -0.15) is 0 Å². The molecule has 1 unspecified atom stereocenters. The summed E-state index contributed by atoms with van der Waals surface area (Å²) in [6.07, 6.45) is 13.0. The number of hydrogen-bond donors (Lipinski definition) is 4. The van der Waals surface area contributed by atoms with Crippen molar-refractivity contribution in [3.8, 4) is 0 Å².